The van der Waals surface area contributed by atoms with Crippen molar-refractivity contribution in [2.45, 2.75) is 18.9 Å². The minimum Gasteiger partial charge on any atom is -0.463 e. The van der Waals surface area contributed by atoms with Crippen LogP contribution in [0.3, 0.4) is 0 Å². The molecule has 24 heavy (non-hydrogen) atoms. The zero-order valence-corrected chi connectivity index (χ0v) is 12.8. The zero-order chi connectivity index (χ0) is 16.7. The van der Waals surface area contributed by atoms with Crippen molar-refractivity contribution in [3.63, 3.8) is 0 Å². The highest BCUT2D eigenvalue weighted by Gasteiger charge is 2.26. The van der Waals surface area contributed by atoms with Gasteiger partial charge in [-0.3, -0.25) is 4.79 Å². The lowest BCUT2D eigenvalue weighted by molar-refractivity contribution is 0.192. The summed E-state index contributed by atoms with van der Waals surface area (Å²) in [6.45, 7) is -0.944. The summed E-state index contributed by atoms with van der Waals surface area (Å²) in [4.78, 5) is 12.7. The summed E-state index contributed by atoms with van der Waals surface area (Å²) in [5, 5.41) is 1.16. The van der Waals surface area contributed by atoms with Gasteiger partial charge in [-0.15, -0.1) is 0 Å². The minimum absolute atomic E-state index is 0.0838. The summed E-state index contributed by atoms with van der Waals surface area (Å²) in [7, 11) is 0. The molecule has 3 nitrogen and oxygen atoms in total. The molecule has 1 saturated carbocycles. The molecule has 0 unspecified atom stereocenters. The lowest BCUT2D eigenvalue weighted by Crippen LogP contribution is -2.19. The molecule has 5 heteroatoms. The van der Waals surface area contributed by atoms with E-state index >= 15 is 0 Å². The van der Waals surface area contributed by atoms with Gasteiger partial charge in [0.05, 0.1) is 0 Å². The van der Waals surface area contributed by atoms with Gasteiger partial charge in [0, 0.05) is 28.6 Å². The Labute approximate surface area is 137 Å². The molecular formula is C19H15F2NO2. The van der Waals surface area contributed by atoms with Crippen molar-refractivity contribution in [3.8, 4) is 16.9 Å². The highest BCUT2D eigenvalue weighted by Crippen LogP contribution is 2.37. The number of ether oxygens (including phenoxy) is 1. The molecule has 2 aromatic carbocycles. The first kappa shape index (κ1) is 14.9. The van der Waals surface area contributed by atoms with E-state index < -0.39 is 6.86 Å². The van der Waals surface area contributed by atoms with Gasteiger partial charge in [0.2, 0.25) is 6.86 Å². The van der Waals surface area contributed by atoms with Crippen LogP contribution in [0.2, 0.25) is 0 Å². The Balaban J connectivity index is 2.02. The monoisotopic (exact) mass is 327 g/mol. The van der Waals surface area contributed by atoms with Gasteiger partial charge in [0.25, 0.3) is 5.56 Å². The Morgan fingerprint density at radius 3 is 2.67 bits per heavy atom. The number of benzene rings is 2. The summed E-state index contributed by atoms with van der Waals surface area (Å²) in [6.07, 6.45) is 3.71. The highest BCUT2D eigenvalue weighted by atomic mass is 19.1. The summed E-state index contributed by atoms with van der Waals surface area (Å²) in [5.41, 5.74) is 1.33. The summed E-state index contributed by atoms with van der Waals surface area (Å²) < 4.78 is 32.8. The van der Waals surface area contributed by atoms with Crippen molar-refractivity contribution in [1.82, 2.24) is 4.57 Å². The maximum Gasteiger partial charge on any atom is 0.258 e. The van der Waals surface area contributed by atoms with Crippen molar-refractivity contribution in [2.24, 2.45) is 0 Å². The number of halogens is 2. The molecular weight excluding hydrogens is 312 g/mol. The Bertz CT molecular complexity index is 977. The maximum absolute atomic E-state index is 13.7. The summed E-state index contributed by atoms with van der Waals surface area (Å²) >= 11 is 0. The van der Waals surface area contributed by atoms with Crippen LogP contribution in [0.1, 0.15) is 18.9 Å². The van der Waals surface area contributed by atoms with Crippen molar-refractivity contribution in [1.29, 1.82) is 0 Å². The fraction of sp³-hybridized carbons (Fsp3) is 0.211. The van der Waals surface area contributed by atoms with Gasteiger partial charge in [-0.05, 0) is 48.7 Å². The second kappa shape index (κ2) is 5.74. The minimum atomic E-state index is -0.944. The third-order valence-corrected chi connectivity index (χ3v) is 4.31. The van der Waals surface area contributed by atoms with E-state index in [1.54, 1.807) is 41.1 Å². The molecule has 3 aromatic rings. The molecule has 0 amide bonds. The van der Waals surface area contributed by atoms with Gasteiger partial charge < -0.3 is 9.30 Å². The second-order valence-corrected chi connectivity index (χ2v) is 5.96. The normalized spacial score (nSPS) is 14.1. The third-order valence-electron chi connectivity index (χ3n) is 4.31. The first-order valence-electron chi connectivity index (χ1n) is 7.81. The van der Waals surface area contributed by atoms with E-state index in [4.69, 9.17) is 4.74 Å². The van der Waals surface area contributed by atoms with Crippen LogP contribution in [0.4, 0.5) is 8.78 Å². The fourth-order valence-electron chi connectivity index (χ4n) is 3.00. The lowest BCUT2D eigenvalue weighted by atomic mass is 10.00. The molecule has 1 aliphatic rings. The van der Waals surface area contributed by atoms with E-state index in [1.807, 2.05) is 0 Å². The molecule has 0 atom stereocenters. The van der Waals surface area contributed by atoms with Crippen molar-refractivity contribution in [3.05, 3.63) is 64.8 Å². The number of aromatic nitrogens is 1. The van der Waals surface area contributed by atoms with Crippen LogP contribution in [-0.2, 0) is 0 Å². The van der Waals surface area contributed by atoms with Gasteiger partial charge in [0.1, 0.15) is 11.6 Å². The summed E-state index contributed by atoms with van der Waals surface area (Å²) in [5.74, 6) is -0.00721. The number of pyridine rings is 1. The highest BCUT2D eigenvalue weighted by molar-refractivity contribution is 5.96. The predicted molar refractivity (Wildman–Crippen MR) is 88.5 cm³/mol. The standard InChI is InChI=1S/C19H15F2NO2/c20-11-24-15-6-7-16-17(9-15)18(12-2-1-3-13(21)8-12)10-22(19(16)23)14-4-5-14/h1-3,6-10,14H,4-5,11H2. The second-order valence-electron chi connectivity index (χ2n) is 5.96. The van der Waals surface area contributed by atoms with Gasteiger partial charge in [-0.25, -0.2) is 8.78 Å². The molecule has 0 spiro atoms. The topological polar surface area (TPSA) is 31.2 Å². The molecule has 0 bridgehead atoms. The first-order chi connectivity index (χ1) is 11.7. The number of rotatable bonds is 4. The fourth-order valence-corrected chi connectivity index (χ4v) is 3.00. The molecule has 1 aromatic heterocycles. The van der Waals surface area contributed by atoms with Crippen LogP contribution in [0.25, 0.3) is 21.9 Å². The molecule has 0 N–H and O–H groups in total. The van der Waals surface area contributed by atoms with Crippen LogP contribution in [0.15, 0.2) is 53.5 Å². The van der Waals surface area contributed by atoms with Crippen LogP contribution in [0.5, 0.6) is 5.75 Å². The van der Waals surface area contributed by atoms with Gasteiger partial charge in [-0.2, -0.15) is 0 Å². The van der Waals surface area contributed by atoms with Crippen LogP contribution in [-0.4, -0.2) is 11.4 Å². The smallest absolute Gasteiger partial charge is 0.258 e. The lowest BCUT2D eigenvalue weighted by Gasteiger charge is -2.13. The largest absolute Gasteiger partial charge is 0.463 e. The van der Waals surface area contributed by atoms with Crippen LogP contribution in [0, 0.1) is 5.82 Å². The Hall–Kier alpha value is -2.69. The third kappa shape index (κ3) is 2.56. The van der Waals surface area contributed by atoms with Crippen molar-refractivity contribution >= 4 is 10.8 Å². The molecule has 0 radical (unpaired) electrons. The van der Waals surface area contributed by atoms with Crippen LogP contribution < -0.4 is 10.3 Å². The number of alkyl halides is 1. The maximum atomic E-state index is 13.7. The van der Waals surface area contributed by atoms with E-state index in [2.05, 4.69) is 0 Å². The quantitative estimate of drug-likeness (QED) is 0.709. The molecule has 1 aliphatic carbocycles. The predicted octanol–water partition coefficient (Wildman–Crippen LogP) is 4.45. The van der Waals surface area contributed by atoms with E-state index in [1.165, 1.54) is 12.1 Å². The first-order valence-corrected chi connectivity index (χ1v) is 7.81. The molecule has 1 heterocycles. The molecule has 0 aliphatic heterocycles. The van der Waals surface area contributed by atoms with Crippen molar-refractivity contribution < 1.29 is 13.5 Å². The Kier molecular flexibility index (Phi) is 3.56. The van der Waals surface area contributed by atoms with Gasteiger partial charge in [-0.1, -0.05) is 12.1 Å². The van der Waals surface area contributed by atoms with Crippen LogP contribution >= 0.6 is 0 Å². The average Bonchev–Trinajstić information content (AvgIpc) is 3.40. The number of hydrogen-bond donors (Lipinski definition) is 0. The van der Waals surface area contributed by atoms with E-state index in [9.17, 15) is 13.6 Å². The Morgan fingerprint density at radius 1 is 1.12 bits per heavy atom. The average molecular weight is 327 g/mol. The number of hydrogen-bond acceptors (Lipinski definition) is 2. The number of nitrogens with zero attached hydrogens (tertiary/aromatic N) is 1. The van der Waals surface area contributed by atoms with E-state index in [-0.39, 0.29) is 17.4 Å². The number of fused-ring (bicyclic) bond motifs is 1. The van der Waals surface area contributed by atoms with Gasteiger partial charge >= 0.3 is 0 Å². The van der Waals surface area contributed by atoms with Gasteiger partial charge in [0.15, 0.2) is 0 Å². The molecule has 4 rings (SSSR count). The molecule has 1 fully saturated rings. The van der Waals surface area contributed by atoms with Crippen molar-refractivity contribution in [2.75, 3.05) is 6.86 Å². The Morgan fingerprint density at radius 2 is 1.96 bits per heavy atom. The summed E-state index contributed by atoms with van der Waals surface area (Å²) in [6, 6.07) is 11.3. The van der Waals surface area contributed by atoms with E-state index in [0.717, 1.165) is 18.4 Å². The molecule has 122 valence electrons. The SMILES string of the molecule is O=c1c2ccc(OCF)cc2c(-c2cccc(F)c2)cn1C1CC1. The molecule has 0 saturated heterocycles. The van der Waals surface area contributed by atoms with E-state index in [0.29, 0.717) is 22.1 Å². The zero-order valence-electron chi connectivity index (χ0n) is 12.8.